The average Bonchev–Trinajstić information content (AvgIpc) is 2.53. The summed E-state index contributed by atoms with van der Waals surface area (Å²) in [5.74, 6) is 0.676. The molecule has 0 aliphatic rings. The SMILES string of the molecule is CCCC(=O)N(Cc1ccc(OC)cc1)[C@@H](CC)C(=O)NC(C)(C)C. The number of hydrogen-bond donors (Lipinski definition) is 1. The highest BCUT2D eigenvalue weighted by Crippen LogP contribution is 2.17. The Hall–Kier alpha value is -2.04. The van der Waals surface area contributed by atoms with Gasteiger partial charge in [-0.25, -0.2) is 0 Å². The minimum absolute atomic E-state index is 0.00854. The first-order chi connectivity index (χ1) is 11.7. The number of carbonyl (C=O) groups is 2. The van der Waals surface area contributed by atoms with Gasteiger partial charge in [-0.05, 0) is 51.3 Å². The lowest BCUT2D eigenvalue weighted by atomic mass is 10.0. The van der Waals surface area contributed by atoms with Crippen molar-refractivity contribution in [2.45, 2.75) is 72.0 Å². The molecular formula is C20H32N2O3. The lowest BCUT2D eigenvalue weighted by Crippen LogP contribution is -2.53. The second-order valence-corrected chi connectivity index (χ2v) is 7.28. The summed E-state index contributed by atoms with van der Waals surface area (Å²) in [6.07, 6.45) is 1.78. The lowest BCUT2D eigenvalue weighted by Gasteiger charge is -2.33. The predicted molar refractivity (Wildman–Crippen MR) is 100 cm³/mol. The predicted octanol–water partition coefficient (Wildman–Crippen LogP) is 3.52. The van der Waals surface area contributed by atoms with Gasteiger partial charge < -0.3 is 15.0 Å². The highest BCUT2D eigenvalue weighted by molar-refractivity contribution is 5.88. The van der Waals surface area contributed by atoms with E-state index in [0.717, 1.165) is 17.7 Å². The molecule has 0 saturated carbocycles. The molecular weight excluding hydrogens is 316 g/mol. The number of rotatable bonds is 8. The molecule has 0 saturated heterocycles. The molecule has 1 N–H and O–H groups in total. The standard InChI is InChI=1S/C20H32N2O3/c1-7-9-18(23)22(14-15-10-12-16(25-6)13-11-15)17(8-2)19(24)21-20(3,4)5/h10-13,17H,7-9,14H2,1-6H3,(H,21,24)/t17-/m0/s1. The van der Waals surface area contributed by atoms with Gasteiger partial charge in [0.2, 0.25) is 11.8 Å². The second-order valence-electron chi connectivity index (χ2n) is 7.28. The number of nitrogens with zero attached hydrogens (tertiary/aromatic N) is 1. The van der Waals surface area contributed by atoms with Crippen LogP contribution in [0.15, 0.2) is 24.3 Å². The van der Waals surface area contributed by atoms with Crippen LogP contribution >= 0.6 is 0 Å². The third-order valence-corrected chi connectivity index (χ3v) is 3.86. The van der Waals surface area contributed by atoms with Gasteiger partial charge in [0.05, 0.1) is 7.11 Å². The third kappa shape index (κ3) is 6.77. The van der Waals surface area contributed by atoms with Crippen molar-refractivity contribution < 1.29 is 14.3 Å². The number of benzene rings is 1. The van der Waals surface area contributed by atoms with Gasteiger partial charge in [-0.2, -0.15) is 0 Å². The highest BCUT2D eigenvalue weighted by Gasteiger charge is 2.30. The van der Waals surface area contributed by atoms with E-state index in [1.807, 2.05) is 58.9 Å². The largest absolute Gasteiger partial charge is 0.497 e. The van der Waals surface area contributed by atoms with Gasteiger partial charge in [-0.1, -0.05) is 26.0 Å². The van der Waals surface area contributed by atoms with E-state index in [-0.39, 0.29) is 17.4 Å². The molecule has 1 aromatic rings. The van der Waals surface area contributed by atoms with E-state index in [9.17, 15) is 9.59 Å². The Bertz CT molecular complexity index is 561. The molecule has 0 unspecified atom stereocenters. The fraction of sp³-hybridized carbons (Fsp3) is 0.600. The van der Waals surface area contributed by atoms with E-state index in [2.05, 4.69) is 5.32 Å². The highest BCUT2D eigenvalue weighted by atomic mass is 16.5. The van der Waals surface area contributed by atoms with Gasteiger partial charge in [0, 0.05) is 18.5 Å². The molecule has 1 rings (SSSR count). The van der Waals surface area contributed by atoms with Crippen molar-refractivity contribution in [3.05, 3.63) is 29.8 Å². The van der Waals surface area contributed by atoms with Crippen LogP contribution in [0.4, 0.5) is 0 Å². The van der Waals surface area contributed by atoms with E-state index in [4.69, 9.17) is 4.74 Å². The summed E-state index contributed by atoms with van der Waals surface area (Å²) in [5, 5.41) is 3.00. The molecule has 5 heteroatoms. The summed E-state index contributed by atoms with van der Waals surface area (Å²) in [6.45, 7) is 10.2. The van der Waals surface area contributed by atoms with Crippen molar-refractivity contribution in [1.82, 2.24) is 10.2 Å². The molecule has 2 amide bonds. The lowest BCUT2D eigenvalue weighted by molar-refractivity contribution is -0.142. The number of amides is 2. The van der Waals surface area contributed by atoms with Gasteiger partial charge in [0.1, 0.15) is 11.8 Å². The van der Waals surface area contributed by atoms with Gasteiger partial charge >= 0.3 is 0 Å². The maximum absolute atomic E-state index is 12.7. The Labute approximate surface area is 151 Å². The van der Waals surface area contributed by atoms with Crippen molar-refractivity contribution in [2.24, 2.45) is 0 Å². The Balaban J connectivity index is 3.03. The van der Waals surface area contributed by atoms with Crippen LogP contribution in [-0.2, 0) is 16.1 Å². The molecule has 0 aromatic heterocycles. The zero-order valence-electron chi connectivity index (χ0n) is 16.4. The van der Waals surface area contributed by atoms with E-state index in [0.29, 0.717) is 19.4 Å². The fourth-order valence-corrected chi connectivity index (χ4v) is 2.66. The van der Waals surface area contributed by atoms with E-state index < -0.39 is 6.04 Å². The normalized spacial score (nSPS) is 12.4. The fourth-order valence-electron chi connectivity index (χ4n) is 2.66. The summed E-state index contributed by atoms with van der Waals surface area (Å²) >= 11 is 0. The molecule has 0 spiro atoms. The van der Waals surface area contributed by atoms with E-state index in [1.54, 1.807) is 12.0 Å². The van der Waals surface area contributed by atoms with Crippen LogP contribution in [0.5, 0.6) is 5.75 Å². The smallest absolute Gasteiger partial charge is 0.243 e. The van der Waals surface area contributed by atoms with Crippen LogP contribution in [0.3, 0.4) is 0 Å². The van der Waals surface area contributed by atoms with Crippen LogP contribution in [0.25, 0.3) is 0 Å². The van der Waals surface area contributed by atoms with Gasteiger partial charge in [0.15, 0.2) is 0 Å². The number of hydrogen-bond acceptors (Lipinski definition) is 3. The molecule has 5 nitrogen and oxygen atoms in total. The first-order valence-corrected chi connectivity index (χ1v) is 8.96. The van der Waals surface area contributed by atoms with Crippen molar-refractivity contribution >= 4 is 11.8 Å². The van der Waals surface area contributed by atoms with Crippen molar-refractivity contribution in [3.63, 3.8) is 0 Å². The molecule has 0 bridgehead atoms. The quantitative estimate of drug-likeness (QED) is 0.782. The molecule has 25 heavy (non-hydrogen) atoms. The summed E-state index contributed by atoms with van der Waals surface area (Å²) in [5.41, 5.74) is 0.650. The van der Waals surface area contributed by atoms with Gasteiger partial charge in [-0.15, -0.1) is 0 Å². The minimum atomic E-state index is -0.472. The first-order valence-electron chi connectivity index (χ1n) is 8.96. The summed E-state index contributed by atoms with van der Waals surface area (Å²) in [6, 6.07) is 7.13. The average molecular weight is 348 g/mol. The van der Waals surface area contributed by atoms with Crippen molar-refractivity contribution in [2.75, 3.05) is 7.11 Å². The number of carbonyl (C=O) groups excluding carboxylic acids is 2. The van der Waals surface area contributed by atoms with Crippen molar-refractivity contribution in [3.8, 4) is 5.75 Å². The van der Waals surface area contributed by atoms with Crippen LogP contribution in [-0.4, -0.2) is 35.4 Å². The molecule has 0 aliphatic carbocycles. The summed E-state index contributed by atoms with van der Waals surface area (Å²) < 4.78 is 5.18. The summed E-state index contributed by atoms with van der Waals surface area (Å²) in [4.78, 5) is 27.1. The molecule has 0 radical (unpaired) electrons. The molecule has 1 aromatic carbocycles. The van der Waals surface area contributed by atoms with E-state index in [1.165, 1.54) is 0 Å². The topological polar surface area (TPSA) is 58.6 Å². The zero-order chi connectivity index (χ0) is 19.0. The minimum Gasteiger partial charge on any atom is -0.497 e. The van der Waals surface area contributed by atoms with E-state index >= 15 is 0 Å². The number of nitrogens with one attached hydrogen (secondary N) is 1. The maximum Gasteiger partial charge on any atom is 0.243 e. The maximum atomic E-state index is 12.7. The van der Waals surface area contributed by atoms with Crippen LogP contribution in [0.2, 0.25) is 0 Å². The Morgan fingerprint density at radius 1 is 1.16 bits per heavy atom. The number of ether oxygens (including phenoxy) is 1. The number of methoxy groups -OCH3 is 1. The summed E-state index contributed by atoms with van der Waals surface area (Å²) in [7, 11) is 1.62. The third-order valence-electron chi connectivity index (χ3n) is 3.86. The molecule has 0 heterocycles. The van der Waals surface area contributed by atoms with Crippen LogP contribution in [0, 0.1) is 0 Å². The molecule has 140 valence electrons. The Kier molecular flexibility index (Phi) is 7.94. The zero-order valence-corrected chi connectivity index (χ0v) is 16.4. The Morgan fingerprint density at radius 3 is 2.20 bits per heavy atom. The molecule has 0 aliphatic heterocycles. The molecule has 1 atom stereocenters. The monoisotopic (exact) mass is 348 g/mol. The van der Waals surface area contributed by atoms with Crippen molar-refractivity contribution in [1.29, 1.82) is 0 Å². The van der Waals surface area contributed by atoms with Gasteiger partial charge in [0.25, 0.3) is 0 Å². The van der Waals surface area contributed by atoms with Crippen LogP contribution in [0.1, 0.15) is 59.4 Å². The Morgan fingerprint density at radius 2 is 1.76 bits per heavy atom. The van der Waals surface area contributed by atoms with Gasteiger partial charge in [-0.3, -0.25) is 9.59 Å². The van der Waals surface area contributed by atoms with Crippen LogP contribution < -0.4 is 10.1 Å². The second kappa shape index (κ2) is 9.44. The molecule has 0 fully saturated rings. The first kappa shape index (κ1) is 21.0.